The van der Waals surface area contributed by atoms with Crippen molar-refractivity contribution >= 4 is 29.2 Å². The highest BCUT2D eigenvalue weighted by Gasteiger charge is 2.18. The molecule has 0 aliphatic heterocycles. The fourth-order valence-corrected chi connectivity index (χ4v) is 1.82. The molecule has 0 heterocycles. The first kappa shape index (κ1) is 17.3. The van der Waals surface area contributed by atoms with Crippen LogP contribution in [0.2, 0.25) is 0 Å². The number of rotatable bonds is 5. The van der Waals surface area contributed by atoms with Crippen LogP contribution in [0.25, 0.3) is 0 Å². The van der Waals surface area contributed by atoms with Crippen molar-refractivity contribution in [1.29, 1.82) is 0 Å². The molecule has 116 valence electrons. The van der Waals surface area contributed by atoms with Crippen LogP contribution in [0.4, 0.5) is 10.5 Å². The zero-order valence-electron chi connectivity index (χ0n) is 12.7. The summed E-state index contributed by atoms with van der Waals surface area (Å²) in [6.07, 6.45) is -0.923. The average molecular weight is 313 g/mol. The van der Waals surface area contributed by atoms with Gasteiger partial charge in [0, 0.05) is 11.3 Å². The summed E-state index contributed by atoms with van der Waals surface area (Å²) in [5.74, 6) is -0.267. The normalized spacial score (nSPS) is 12.4. The number of Topliss-reactive ketones (excluding diaryl/α,β-unsaturated/α-hetero) is 1. The van der Waals surface area contributed by atoms with Crippen LogP contribution in [0.15, 0.2) is 24.3 Å². The van der Waals surface area contributed by atoms with Crippen molar-refractivity contribution < 1.29 is 14.3 Å². The number of halogens is 1. The van der Waals surface area contributed by atoms with E-state index in [1.54, 1.807) is 52.0 Å². The molecule has 1 aromatic rings. The van der Waals surface area contributed by atoms with Crippen LogP contribution in [-0.2, 0) is 4.74 Å². The summed E-state index contributed by atoms with van der Waals surface area (Å²) >= 11 is 5.58. The largest absolute Gasteiger partial charge is 0.444 e. The number of ether oxygens (including phenoxy) is 1. The van der Waals surface area contributed by atoms with Gasteiger partial charge in [0.05, 0.1) is 12.0 Å². The van der Waals surface area contributed by atoms with E-state index in [-0.39, 0.29) is 11.7 Å². The van der Waals surface area contributed by atoms with Crippen molar-refractivity contribution in [3.8, 4) is 0 Å². The lowest BCUT2D eigenvalue weighted by Crippen LogP contribution is -2.41. The third kappa shape index (κ3) is 6.04. The molecule has 1 aromatic carbocycles. The minimum Gasteiger partial charge on any atom is -0.444 e. The molecule has 2 N–H and O–H groups in total. The van der Waals surface area contributed by atoms with Gasteiger partial charge in [-0.25, -0.2) is 4.79 Å². The molecule has 0 spiro atoms. The third-order valence-corrected chi connectivity index (χ3v) is 2.70. The molecule has 1 rings (SSSR count). The molecule has 5 nitrogen and oxygen atoms in total. The van der Waals surface area contributed by atoms with E-state index >= 15 is 0 Å². The van der Waals surface area contributed by atoms with E-state index in [4.69, 9.17) is 16.3 Å². The van der Waals surface area contributed by atoms with Gasteiger partial charge in [-0.1, -0.05) is 12.1 Å². The second kappa shape index (κ2) is 7.31. The molecule has 0 aliphatic carbocycles. The molecule has 1 atom stereocenters. The number of amides is 1. The number of hydrogen-bond donors (Lipinski definition) is 2. The monoisotopic (exact) mass is 312 g/mol. The molecule has 0 fully saturated rings. The number of ketones is 1. The third-order valence-electron chi connectivity index (χ3n) is 2.45. The van der Waals surface area contributed by atoms with E-state index < -0.39 is 17.9 Å². The maximum absolute atomic E-state index is 11.7. The summed E-state index contributed by atoms with van der Waals surface area (Å²) in [5.41, 5.74) is 0.549. The first-order valence-electron chi connectivity index (χ1n) is 6.67. The second-order valence-electron chi connectivity index (χ2n) is 5.61. The maximum atomic E-state index is 11.7. The molecular formula is C15H21ClN2O3. The van der Waals surface area contributed by atoms with Gasteiger partial charge in [-0.05, 0) is 39.8 Å². The average Bonchev–Trinajstić information content (AvgIpc) is 2.35. The number of alkyl carbamates (subject to hydrolysis) is 1. The van der Waals surface area contributed by atoms with Crippen LogP contribution < -0.4 is 10.6 Å². The van der Waals surface area contributed by atoms with Crippen LogP contribution in [0.3, 0.4) is 0 Å². The Kier molecular flexibility index (Phi) is 6.03. The SMILES string of the molecule is CC(NC(=O)OC(C)(C)C)Nc1ccccc1C(=O)CCl. The van der Waals surface area contributed by atoms with E-state index in [1.165, 1.54) is 0 Å². The Bertz CT molecular complexity index is 512. The Labute approximate surface area is 130 Å². The Balaban J connectivity index is 2.69. The van der Waals surface area contributed by atoms with Gasteiger partial charge in [0.25, 0.3) is 0 Å². The van der Waals surface area contributed by atoms with Crippen molar-refractivity contribution in [3.05, 3.63) is 29.8 Å². The van der Waals surface area contributed by atoms with Gasteiger partial charge in [0.1, 0.15) is 5.60 Å². The van der Waals surface area contributed by atoms with E-state index in [2.05, 4.69) is 10.6 Å². The summed E-state index contributed by atoms with van der Waals surface area (Å²) in [6.45, 7) is 7.13. The van der Waals surface area contributed by atoms with Crippen molar-refractivity contribution in [2.24, 2.45) is 0 Å². The van der Waals surface area contributed by atoms with Crippen LogP contribution in [0, 0.1) is 0 Å². The molecule has 1 unspecified atom stereocenters. The van der Waals surface area contributed by atoms with Gasteiger partial charge < -0.3 is 15.4 Å². The molecule has 6 heteroatoms. The van der Waals surface area contributed by atoms with E-state index in [0.717, 1.165) is 0 Å². The standard InChI is InChI=1S/C15H21ClN2O3/c1-10(18-14(20)21-15(2,3)4)17-12-8-6-5-7-11(12)13(19)9-16/h5-8,10,17H,9H2,1-4H3,(H,18,20). The zero-order chi connectivity index (χ0) is 16.0. The molecule has 0 saturated heterocycles. The molecule has 0 radical (unpaired) electrons. The highest BCUT2D eigenvalue weighted by Crippen LogP contribution is 2.17. The van der Waals surface area contributed by atoms with Crippen LogP contribution in [0.1, 0.15) is 38.1 Å². The summed E-state index contributed by atoms with van der Waals surface area (Å²) in [6, 6.07) is 7.00. The minimum absolute atomic E-state index is 0.0907. The van der Waals surface area contributed by atoms with Crippen molar-refractivity contribution in [2.45, 2.75) is 39.5 Å². The van der Waals surface area contributed by atoms with Crippen molar-refractivity contribution in [2.75, 3.05) is 11.2 Å². The van der Waals surface area contributed by atoms with Gasteiger partial charge in [-0.3, -0.25) is 4.79 Å². The lowest BCUT2D eigenvalue weighted by Gasteiger charge is -2.23. The number of benzene rings is 1. The first-order chi connectivity index (χ1) is 9.73. The highest BCUT2D eigenvalue weighted by atomic mass is 35.5. The summed E-state index contributed by atoms with van der Waals surface area (Å²) < 4.78 is 5.17. The van der Waals surface area contributed by atoms with Gasteiger partial charge in [-0.2, -0.15) is 0 Å². The molecule has 0 bridgehead atoms. The maximum Gasteiger partial charge on any atom is 0.409 e. The van der Waals surface area contributed by atoms with Gasteiger partial charge in [0.15, 0.2) is 5.78 Å². The predicted octanol–water partition coefficient (Wildman–Crippen LogP) is 3.39. The Hall–Kier alpha value is -1.75. The second-order valence-corrected chi connectivity index (χ2v) is 5.88. The number of carbonyl (C=O) groups excluding carboxylic acids is 2. The van der Waals surface area contributed by atoms with Gasteiger partial charge >= 0.3 is 6.09 Å². The van der Waals surface area contributed by atoms with Crippen molar-refractivity contribution in [3.63, 3.8) is 0 Å². The number of para-hydroxylation sites is 1. The van der Waals surface area contributed by atoms with E-state index in [9.17, 15) is 9.59 Å². The quantitative estimate of drug-likeness (QED) is 0.497. The number of hydrogen-bond acceptors (Lipinski definition) is 4. The smallest absolute Gasteiger partial charge is 0.409 e. The Morgan fingerprint density at radius 2 is 1.90 bits per heavy atom. The van der Waals surface area contributed by atoms with Crippen LogP contribution in [0.5, 0.6) is 0 Å². The van der Waals surface area contributed by atoms with Gasteiger partial charge in [0.2, 0.25) is 0 Å². The van der Waals surface area contributed by atoms with Crippen molar-refractivity contribution in [1.82, 2.24) is 5.32 Å². The lowest BCUT2D eigenvalue weighted by molar-refractivity contribution is 0.0514. The molecule has 0 aliphatic rings. The number of alkyl halides is 1. The molecule has 0 aromatic heterocycles. The number of anilines is 1. The Morgan fingerprint density at radius 3 is 2.48 bits per heavy atom. The fraction of sp³-hybridized carbons (Fsp3) is 0.467. The molecule has 21 heavy (non-hydrogen) atoms. The summed E-state index contributed by atoms with van der Waals surface area (Å²) in [7, 11) is 0. The minimum atomic E-state index is -0.559. The number of nitrogens with one attached hydrogen (secondary N) is 2. The molecule has 1 amide bonds. The van der Waals surface area contributed by atoms with E-state index in [0.29, 0.717) is 11.3 Å². The fourth-order valence-electron chi connectivity index (χ4n) is 1.68. The van der Waals surface area contributed by atoms with Crippen LogP contribution in [-0.4, -0.2) is 29.5 Å². The molecular weight excluding hydrogens is 292 g/mol. The summed E-state index contributed by atoms with van der Waals surface area (Å²) in [5, 5.41) is 5.70. The predicted molar refractivity (Wildman–Crippen MR) is 83.9 cm³/mol. The zero-order valence-corrected chi connectivity index (χ0v) is 13.5. The lowest BCUT2D eigenvalue weighted by atomic mass is 10.1. The van der Waals surface area contributed by atoms with Crippen LogP contribution >= 0.6 is 11.6 Å². The van der Waals surface area contributed by atoms with Gasteiger partial charge in [-0.15, -0.1) is 11.6 Å². The molecule has 0 saturated carbocycles. The van der Waals surface area contributed by atoms with E-state index in [1.807, 2.05) is 0 Å². The summed E-state index contributed by atoms with van der Waals surface area (Å²) in [4.78, 5) is 23.4. The Morgan fingerprint density at radius 1 is 1.29 bits per heavy atom. The number of carbonyl (C=O) groups is 2. The topological polar surface area (TPSA) is 67.4 Å². The highest BCUT2D eigenvalue weighted by molar-refractivity contribution is 6.31. The first-order valence-corrected chi connectivity index (χ1v) is 7.20.